The number of piperidine rings is 1. The second-order valence-corrected chi connectivity index (χ2v) is 8.11. The highest BCUT2D eigenvalue weighted by Gasteiger charge is 2.43. The first kappa shape index (κ1) is 24.7. The number of hydrogen-bond donors (Lipinski definition) is 1. The highest BCUT2D eigenvalue weighted by molar-refractivity contribution is 5.94. The minimum absolute atomic E-state index is 0.0142. The van der Waals surface area contributed by atoms with Gasteiger partial charge >= 0.3 is 6.18 Å². The van der Waals surface area contributed by atoms with Gasteiger partial charge in [0, 0.05) is 19.6 Å². The standard InChI is InChI=1S/C22H27F4N5O2/c1-2-3-4-5-12-27-20(32)15-7-6-13-30(14-15)21(33)18-19(22(24,25)26)31(29-28-18)17-10-8-16(23)9-11-17/h8-11,15H,2-7,12-14H2,1H3,(H,27,32). The predicted molar refractivity (Wildman–Crippen MR) is 112 cm³/mol. The zero-order valence-corrected chi connectivity index (χ0v) is 18.4. The molecule has 0 saturated carbocycles. The van der Waals surface area contributed by atoms with Gasteiger partial charge in [-0.3, -0.25) is 9.59 Å². The van der Waals surface area contributed by atoms with E-state index >= 15 is 0 Å². The van der Waals surface area contributed by atoms with Crippen molar-refractivity contribution in [1.82, 2.24) is 25.2 Å². The van der Waals surface area contributed by atoms with Gasteiger partial charge in [-0.25, -0.2) is 9.07 Å². The summed E-state index contributed by atoms with van der Waals surface area (Å²) >= 11 is 0. The molecule has 0 radical (unpaired) electrons. The van der Waals surface area contributed by atoms with Crippen LogP contribution in [0.25, 0.3) is 5.69 Å². The second-order valence-electron chi connectivity index (χ2n) is 8.11. The summed E-state index contributed by atoms with van der Waals surface area (Å²) in [7, 11) is 0. The fourth-order valence-electron chi connectivity index (χ4n) is 3.88. The lowest BCUT2D eigenvalue weighted by Crippen LogP contribution is -2.46. The summed E-state index contributed by atoms with van der Waals surface area (Å²) in [6, 6.07) is 4.23. The summed E-state index contributed by atoms with van der Waals surface area (Å²) in [4.78, 5) is 26.7. The number of nitrogens with zero attached hydrogens (tertiary/aromatic N) is 4. The third kappa shape index (κ3) is 6.08. The molecule has 1 unspecified atom stereocenters. The molecule has 0 spiro atoms. The minimum atomic E-state index is -4.92. The molecule has 1 aromatic carbocycles. The van der Waals surface area contributed by atoms with Crippen LogP contribution < -0.4 is 5.32 Å². The Bertz CT molecular complexity index is 959. The summed E-state index contributed by atoms with van der Waals surface area (Å²) in [6.45, 7) is 2.86. The topological polar surface area (TPSA) is 80.1 Å². The van der Waals surface area contributed by atoms with Gasteiger partial charge in [-0.1, -0.05) is 31.4 Å². The van der Waals surface area contributed by atoms with E-state index in [1.54, 1.807) is 0 Å². The second kappa shape index (κ2) is 10.8. The average molecular weight is 469 g/mol. The third-order valence-corrected chi connectivity index (χ3v) is 5.62. The summed E-state index contributed by atoms with van der Waals surface area (Å²) < 4.78 is 55.2. The maximum absolute atomic E-state index is 13.9. The number of halogens is 4. The summed E-state index contributed by atoms with van der Waals surface area (Å²) in [5, 5.41) is 9.88. The predicted octanol–water partition coefficient (Wildman–Crippen LogP) is 3.97. The summed E-state index contributed by atoms with van der Waals surface area (Å²) in [6.07, 6.45) is 0.160. The van der Waals surface area contributed by atoms with Gasteiger partial charge in [-0.05, 0) is 43.5 Å². The first-order valence-corrected chi connectivity index (χ1v) is 11.1. The Kier molecular flexibility index (Phi) is 8.04. The van der Waals surface area contributed by atoms with Crippen LogP contribution in [0.15, 0.2) is 24.3 Å². The molecule has 7 nitrogen and oxygen atoms in total. The van der Waals surface area contributed by atoms with Crippen molar-refractivity contribution in [1.29, 1.82) is 0 Å². The number of amides is 2. The van der Waals surface area contributed by atoms with Gasteiger partial charge < -0.3 is 10.2 Å². The highest BCUT2D eigenvalue weighted by atomic mass is 19.4. The van der Waals surface area contributed by atoms with E-state index < -0.39 is 35.2 Å². The van der Waals surface area contributed by atoms with Gasteiger partial charge in [-0.15, -0.1) is 5.10 Å². The van der Waals surface area contributed by atoms with Crippen LogP contribution in [0.3, 0.4) is 0 Å². The normalized spacial score (nSPS) is 16.6. The van der Waals surface area contributed by atoms with E-state index in [2.05, 4.69) is 22.6 Å². The van der Waals surface area contributed by atoms with Crippen LogP contribution in [0.5, 0.6) is 0 Å². The zero-order valence-electron chi connectivity index (χ0n) is 18.4. The number of nitrogens with one attached hydrogen (secondary N) is 1. The number of likely N-dealkylation sites (tertiary alicyclic amines) is 1. The van der Waals surface area contributed by atoms with Crippen LogP contribution in [0.2, 0.25) is 0 Å². The molecule has 0 aliphatic carbocycles. The Morgan fingerprint density at radius 3 is 2.55 bits per heavy atom. The van der Waals surface area contributed by atoms with Gasteiger partial charge in [0.2, 0.25) is 5.91 Å². The molecule has 180 valence electrons. The quantitative estimate of drug-likeness (QED) is 0.469. The fourth-order valence-corrected chi connectivity index (χ4v) is 3.88. The number of aromatic nitrogens is 3. The van der Waals surface area contributed by atoms with E-state index in [0.717, 1.165) is 49.9 Å². The molecule has 2 aromatic rings. The number of benzene rings is 1. The van der Waals surface area contributed by atoms with Crippen molar-refractivity contribution in [2.24, 2.45) is 5.92 Å². The van der Waals surface area contributed by atoms with Crippen LogP contribution in [-0.4, -0.2) is 51.3 Å². The van der Waals surface area contributed by atoms with Gasteiger partial charge in [0.05, 0.1) is 11.6 Å². The van der Waals surface area contributed by atoms with Crippen molar-refractivity contribution in [3.05, 3.63) is 41.5 Å². The molecule has 2 amide bonds. The Balaban J connectivity index is 1.75. The molecule has 1 N–H and O–H groups in total. The lowest BCUT2D eigenvalue weighted by molar-refractivity contribution is -0.143. The molecule has 1 aliphatic heterocycles. The van der Waals surface area contributed by atoms with Crippen molar-refractivity contribution in [3.63, 3.8) is 0 Å². The van der Waals surface area contributed by atoms with Crippen molar-refractivity contribution < 1.29 is 27.2 Å². The lowest BCUT2D eigenvalue weighted by Gasteiger charge is -2.31. The molecular weight excluding hydrogens is 442 g/mol. The number of alkyl halides is 3. The molecule has 11 heteroatoms. The smallest absolute Gasteiger partial charge is 0.356 e. The summed E-state index contributed by atoms with van der Waals surface area (Å²) in [5.41, 5.74) is -2.25. The molecule has 1 saturated heterocycles. The Labute approximate surface area is 189 Å². The first-order chi connectivity index (χ1) is 15.7. The molecule has 1 aliphatic rings. The van der Waals surface area contributed by atoms with E-state index in [-0.39, 0.29) is 24.7 Å². The molecule has 33 heavy (non-hydrogen) atoms. The van der Waals surface area contributed by atoms with E-state index in [1.165, 1.54) is 4.90 Å². The fraction of sp³-hybridized carbons (Fsp3) is 0.545. The number of unbranched alkanes of at least 4 members (excludes halogenated alkanes) is 3. The van der Waals surface area contributed by atoms with E-state index in [4.69, 9.17) is 0 Å². The van der Waals surface area contributed by atoms with Gasteiger partial charge in [-0.2, -0.15) is 13.2 Å². The van der Waals surface area contributed by atoms with Gasteiger partial charge in [0.1, 0.15) is 5.82 Å². The van der Waals surface area contributed by atoms with Crippen LogP contribution in [-0.2, 0) is 11.0 Å². The Morgan fingerprint density at radius 2 is 1.88 bits per heavy atom. The van der Waals surface area contributed by atoms with E-state index in [1.807, 2.05) is 0 Å². The van der Waals surface area contributed by atoms with Crippen LogP contribution in [0.4, 0.5) is 17.6 Å². The van der Waals surface area contributed by atoms with Gasteiger partial charge in [0.15, 0.2) is 11.4 Å². The van der Waals surface area contributed by atoms with E-state index in [0.29, 0.717) is 24.1 Å². The van der Waals surface area contributed by atoms with Crippen LogP contribution in [0.1, 0.15) is 61.6 Å². The zero-order chi connectivity index (χ0) is 24.0. The largest absolute Gasteiger partial charge is 0.435 e. The highest BCUT2D eigenvalue weighted by Crippen LogP contribution is 2.33. The number of hydrogen-bond acceptors (Lipinski definition) is 4. The Hall–Kier alpha value is -2.98. The SMILES string of the molecule is CCCCCCNC(=O)C1CCCN(C(=O)c2nnn(-c3ccc(F)cc3)c2C(F)(F)F)C1. The molecule has 1 aromatic heterocycles. The minimum Gasteiger partial charge on any atom is -0.356 e. The Morgan fingerprint density at radius 1 is 1.15 bits per heavy atom. The van der Waals surface area contributed by atoms with Crippen molar-refractivity contribution in [2.75, 3.05) is 19.6 Å². The molecule has 0 bridgehead atoms. The monoisotopic (exact) mass is 469 g/mol. The van der Waals surface area contributed by atoms with Gasteiger partial charge in [0.25, 0.3) is 5.91 Å². The maximum atomic E-state index is 13.9. The van der Waals surface area contributed by atoms with Crippen molar-refractivity contribution in [2.45, 2.75) is 51.6 Å². The average Bonchev–Trinajstić information content (AvgIpc) is 3.25. The lowest BCUT2D eigenvalue weighted by atomic mass is 9.96. The van der Waals surface area contributed by atoms with Crippen LogP contribution >= 0.6 is 0 Å². The molecule has 1 fully saturated rings. The summed E-state index contributed by atoms with van der Waals surface area (Å²) in [5.74, 6) is -2.24. The van der Waals surface area contributed by atoms with E-state index in [9.17, 15) is 27.2 Å². The first-order valence-electron chi connectivity index (χ1n) is 11.1. The van der Waals surface area contributed by atoms with Crippen molar-refractivity contribution in [3.8, 4) is 5.69 Å². The number of rotatable bonds is 8. The number of carbonyl (C=O) groups is 2. The van der Waals surface area contributed by atoms with Crippen molar-refractivity contribution >= 4 is 11.8 Å². The van der Waals surface area contributed by atoms with Crippen LogP contribution in [0, 0.1) is 11.7 Å². The molecule has 3 rings (SSSR count). The molecule has 2 heterocycles. The third-order valence-electron chi connectivity index (χ3n) is 5.62. The molecule has 1 atom stereocenters. The molecular formula is C22H27F4N5O2. The number of carbonyl (C=O) groups excluding carboxylic acids is 2. The maximum Gasteiger partial charge on any atom is 0.435 e.